The number of aryl methyl sites for hydroxylation is 1. The van der Waals surface area contributed by atoms with Crippen LogP contribution in [0.2, 0.25) is 0 Å². The fourth-order valence-corrected chi connectivity index (χ4v) is 2.97. The van der Waals surface area contributed by atoms with Gasteiger partial charge in [0.15, 0.2) is 0 Å². The molecule has 0 spiro atoms. The number of anilines is 1. The van der Waals surface area contributed by atoms with E-state index in [4.69, 9.17) is 4.74 Å². The summed E-state index contributed by atoms with van der Waals surface area (Å²) in [5.41, 5.74) is 0.351. The van der Waals surface area contributed by atoms with Crippen LogP contribution in [0.4, 0.5) is 5.82 Å². The molecule has 2 heterocycles. The van der Waals surface area contributed by atoms with Crippen molar-refractivity contribution in [3.8, 4) is 0 Å². The van der Waals surface area contributed by atoms with Crippen molar-refractivity contribution in [2.75, 3.05) is 11.9 Å². The van der Waals surface area contributed by atoms with Gasteiger partial charge in [-0.15, -0.1) is 11.3 Å². The summed E-state index contributed by atoms with van der Waals surface area (Å²) in [4.78, 5) is 32.4. The largest absolute Gasteiger partial charge is 0.480 e. The van der Waals surface area contributed by atoms with Gasteiger partial charge in [0.05, 0.1) is 17.6 Å². The van der Waals surface area contributed by atoms with E-state index in [1.54, 1.807) is 26.2 Å². The number of nitrogens with one attached hydrogen (secondary N) is 1. The molecule has 0 aromatic carbocycles. The van der Waals surface area contributed by atoms with E-state index in [9.17, 15) is 14.7 Å². The van der Waals surface area contributed by atoms with Gasteiger partial charge in [0.1, 0.15) is 22.5 Å². The Morgan fingerprint density at radius 1 is 1.41 bits per heavy atom. The predicted molar refractivity (Wildman–Crippen MR) is 83.4 cm³/mol. The molecule has 2 N–H and O–H groups in total. The summed E-state index contributed by atoms with van der Waals surface area (Å²) < 4.78 is 5.03. The van der Waals surface area contributed by atoms with E-state index >= 15 is 0 Å². The molecule has 0 fully saturated rings. The van der Waals surface area contributed by atoms with E-state index in [0.717, 1.165) is 0 Å². The highest BCUT2D eigenvalue weighted by molar-refractivity contribution is 7.17. The summed E-state index contributed by atoms with van der Waals surface area (Å²) in [5, 5.41) is 14.2. The third-order valence-electron chi connectivity index (χ3n) is 3.06. The van der Waals surface area contributed by atoms with Gasteiger partial charge in [-0.3, -0.25) is 0 Å². The van der Waals surface area contributed by atoms with Gasteiger partial charge in [0, 0.05) is 5.38 Å². The maximum absolute atomic E-state index is 12.0. The van der Waals surface area contributed by atoms with Gasteiger partial charge in [0.2, 0.25) is 0 Å². The molecule has 22 heavy (non-hydrogen) atoms. The molecular weight excluding hydrogens is 306 g/mol. The number of aliphatic carboxylic acids is 1. The van der Waals surface area contributed by atoms with Crippen molar-refractivity contribution in [1.29, 1.82) is 0 Å². The molecule has 0 aliphatic carbocycles. The van der Waals surface area contributed by atoms with Crippen molar-refractivity contribution in [1.82, 2.24) is 9.97 Å². The number of carboxylic acids is 1. The molecule has 0 bridgehead atoms. The first-order chi connectivity index (χ1) is 10.5. The van der Waals surface area contributed by atoms with Gasteiger partial charge in [0.25, 0.3) is 0 Å². The molecule has 1 atom stereocenters. The first-order valence-corrected chi connectivity index (χ1v) is 7.78. The maximum Gasteiger partial charge on any atom is 0.339 e. The van der Waals surface area contributed by atoms with Gasteiger partial charge in [-0.2, -0.15) is 0 Å². The average molecular weight is 323 g/mol. The predicted octanol–water partition coefficient (Wildman–Crippen LogP) is 2.45. The van der Waals surface area contributed by atoms with E-state index in [2.05, 4.69) is 15.3 Å². The fraction of sp³-hybridized carbons (Fsp3) is 0.429. The molecule has 0 saturated heterocycles. The SMILES string of the molecule is CCOC(=O)c1csc2nc(C)nc(NC(CC)C(=O)O)c12. The number of carbonyl (C=O) groups excluding carboxylic acids is 1. The fourth-order valence-electron chi connectivity index (χ4n) is 2.02. The van der Waals surface area contributed by atoms with E-state index in [1.807, 2.05) is 0 Å². The van der Waals surface area contributed by atoms with Crippen LogP contribution in [0, 0.1) is 6.92 Å². The molecular formula is C14H17N3O4S. The molecule has 2 aromatic heterocycles. The number of thiophene rings is 1. The van der Waals surface area contributed by atoms with Crippen LogP contribution in [0.1, 0.15) is 36.5 Å². The quantitative estimate of drug-likeness (QED) is 0.787. The number of fused-ring (bicyclic) bond motifs is 1. The normalized spacial score (nSPS) is 12.1. The lowest BCUT2D eigenvalue weighted by molar-refractivity contribution is -0.137. The standard InChI is InChI=1S/C14H17N3O4S/c1-4-9(13(18)19)17-11-10-8(14(20)21-5-2)6-22-12(10)16-7(3)15-11/h6,9H,4-5H2,1-3H3,(H,18,19)(H,15,16,17). The van der Waals surface area contributed by atoms with E-state index < -0.39 is 18.0 Å². The molecule has 1 unspecified atom stereocenters. The Hall–Kier alpha value is -2.22. The molecule has 0 saturated carbocycles. The van der Waals surface area contributed by atoms with Crippen LogP contribution in [-0.4, -0.2) is 39.7 Å². The Kier molecular flexibility index (Phi) is 4.92. The number of esters is 1. The summed E-state index contributed by atoms with van der Waals surface area (Å²) in [7, 11) is 0. The van der Waals surface area contributed by atoms with E-state index in [0.29, 0.717) is 33.8 Å². The number of hydrogen-bond donors (Lipinski definition) is 2. The van der Waals surface area contributed by atoms with Crippen molar-refractivity contribution in [2.45, 2.75) is 33.2 Å². The number of hydrogen-bond acceptors (Lipinski definition) is 7. The van der Waals surface area contributed by atoms with Crippen LogP contribution in [0.15, 0.2) is 5.38 Å². The maximum atomic E-state index is 12.0. The molecule has 0 radical (unpaired) electrons. The first kappa shape index (κ1) is 16.2. The summed E-state index contributed by atoms with van der Waals surface area (Å²) in [5.74, 6) is -0.582. The van der Waals surface area contributed by atoms with Crippen molar-refractivity contribution in [2.24, 2.45) is 0 Å². The summed E-state index contributed by atoms with van der Waals surface area (Å²) in [6.07, 6.45) is 0.388. The summed E-state index contributed by atoms with van der Waals surface area (Å²) >= 11 is 1.30. The second-order valence-electron chi connectivity index (χ2n) is 4.61. The third kappa shape index (κ3) is 3.16. The average Bonchev–Trinajstić information content (AvgIpc) is 2.88. The Morgan fingerprint density at radius 2 is 2.14 bits per heavy atom. The molecule has 0 aliphatic heterocycles. The second-order valence-corrected chi connectivity index (χ2v) is 5.47. The highest BCUT2D eigenvalue weighted by Crippen LogP contribution is 2.31. The topological polar surface area (TPSA) is 101 Å². The zero-order valence-electron chi connectivity index (χ0n) is 12.5. The van der Waals surface area contributed by atoms with Crippen molar-refractivity contribution in [3.63, 3.8) is 0 Å². The molecule has 0 amide bonds. The van der Waals surface area contributed by atoms with Crippen LogP contribution >= 0.6 is 11.3 Å². The zero-order chi connectivity index (χ0) is 16.3. The van der Waals surface area contributed by atoms with E-state index in [1.165, 1.54) is 11.3 Å². The Labute approximate surface area is 131 Å². The van der Waals surface area contributed by atoms with Crippen LogP contribution in [-0.2, 0) is 9.53 Å². The molecule has 8 heteroatoms. The lowest BCUT2D eigenvalue weighted by Gasteiger charge is -2.14. The zero-order valence-corrected chi connectivity index (χ0v) is 13.4. The molecule has 118 valence electrons. The summed E-state index contributed by atoms with van der Waals surface area (Å²) in [6.45, 7) is 5.47. The highest BCUT2D eigenvalue weighted by atomic mass is 32.1. The Morgan fingerprint density at radius 3 is 2.73 bits per heavy atom. The number of ether oxygens (including phenoxy) is 1. The number of carboxylic acid groups (broad SMARTS) is 1. The van der Waals surface area contributed by atoms with Crippen LogP contribution in [0.5, 0.6) is 0 Å². The van der Waals surface area contributed by atoms with E-state index in [-0.39, 0.29) is 6.61 Å². The third-order valence-corrected chi connectivity index (χ3v) is 3.93. The van der Waals surface area contributed by atoms with Crippen LogP contribution in [0.25, 0.3) is 10.2 Å². The van der Waals surface area contributed by atoms with Gasteiger partial charge < -0.3 is 15.2 Å². The summed E-state index contributed by atoms with van der Waals surface area (Å²) in [6, 6.07) is -0.785. The van der Waals surface area contributed by atoms with Gasteiger partial charge in [-0.25, -0.2) is 19.6 Å². The number of aromatic nitrogens is 2. The van der Waals surface area contributed by atoms with Gasteiger partial charge in [-0.1, -0.05) is 6.92 Å². The highest BCUT2D eigenvalue weighted by Gasteiger charge is 2.22. The Balaban J connectivity index is 2.53. The van der Waals surface area contributed by atoms with Crippen LogP contribution in [0.3, 0.4) is 0 Å². The number of carbonyl (C=O) groups is 2. The lowest BCUT2D eigenvalue weighted by Crippen LogP contribution is -2.29. The minimum atomic E-state index is -0.972. The smallest absolute Gasteiger partial charge is 0.339 e. The second kappa shape index (κ2) is 6.69. The monoisotopic (exact) mass is 323 g/mol. The molecule has 2 aromatic rings. The Bertz CT molecular complexity index is 713. The van der Waals surface area contributed by atoms with Crippen molar-refractivity contribution < 1.29 is 19.4 Å². The van der Waals surface area contributed by atoms with Gasteiger partial charge in [-0.05, 0) is 20.3 Å². The molecule has 2 rings (SSSR count). The number of nitrogens with zero attached hydrogens (tertiary/aromatic N) is 2. The van der Waals surface area contributed by atoms with Gasteiger partial charge >= 0.3 is 11.9 Å². The first-order valence-electron chi connectivity index (χ1n) is 6.90. The van der Waals surface area contributed by atoms with Crippen molar-refractivity contribution in [3.05, 3.63) is 16.8 Å². The lowest BCUT2D eigenvalue weighted by atomic mass is 10.2. The minimum absolute atomic E-state index is 0.262. The van der Waals surface area contributed by atoms with Crippen LogP contribution < -0.4 is 5.32 Å². The molecule has 0 aliphatic rings. The molecule has 7 nitrogen and oxygen atoms in total. The van der Waals surface area contributed by atoms with Crippen molar-refractivity contribution >= 4 is 39.3 Å². The minimum Gasteiger partial charge on any atom is -0.480 e. The number of rotatable bonds is 6.